The fourth-order valence-electron chi connectivity index (χ4n) is 5.51. The van der Waals surface area contributed by atoms with Gasteiger partial charge in [0.05, 0.1) is 12.3 Å². The second-order valence-corrected chi connectivity index (χ2v) is 9.04. The Hall–Kier alpha value is -2.11. The summed E-state index contributed by atoms with van der Waals surface area (Å²) < 4.78 is 20.0. The van der Waals surface area contributed by atoms with E-state index >= 15 is 0 Å². The van der Waals surface area contributed by atoms with Crippen molar-refractivity contribution in [2.75, 3.05) is 25.0 Å². The molecule has 1 N–H and O–H groups in total. The number of amides is 1. The van der Waals surface area contributed by atoms with Crippen LogP contribution in [0.15, 0.2) is 12.1 Å². The molecule has 0 spiro atoms. The zero-order chi connectivity index (χ0) is 21.1. The second-order valence-electron chi connectivity index (χ2n) is 9.04. The van der Waals surface area contributed by atoms with Gasteiger partial charge < -0.3 is 15.0 Å². The molecule has 2 aliphatic carbocycles. The van der Waals surface area contributed by atoms with Crippen LogP contribution in [0.4, 0.5) is 10.1 Å². The van der Waals surface area contributed by atoms with E-state index in [1.54, 1.807) is 11.8 Å². The summed E-state index contributed by atoms with van der Waals surface area (Å²) in [6.45, 7) is 2.47. The molecule has 1 aliphatic heterocycles. The topological polar surface area (TPSA) is 58.6 Å². The molecule has 1 unspecified atom stereocenters. The first-order chi connectivity index (χ1) is 14.6. The van der Waals surface area contributed by atoms with Crippen LogP contribution in [-0.4, -0.2) is 42.5 Å². The number of carbonyl (C=O) groups excluding carboxylic acids is 2. The molecular formula is C24H33FN2O3. The summed E-state index contributed by atoms with van der Waals surface area (Å²) in [5, 5.41) is 3.41. The first kappa shape index (κ1) is 21.1. The molecule has 0 saturated heterocycles. The Kier molecular flexibility index (Phi) is 6.59. The van der Waals surface area contributed by atoms with Crippen LogP contribution in [0.1, 0.15) is 86.6 Å². The Balaban J connectivity index is 1.63. The van der Waals surface area contributed by atoms with Crippen molar-refractivity contribution in [1.82, 2.24) is 4.90 Å². The van der Waals surface area contributed by atoms with Crippen LogP contribution >= 0.6 is 0 Å². The number of fused-ring (bicyclic) bond motifs is 1. The number of nitrogens with one attached hydrogen (secondary N) is 1. The number of halogens is 1. The van der Waals surface area contributed by atoms with Crippen LogP contribution in [0.2, 0.25) is 0 Å². The minimum absolute atomic E-state index is 0.0704. The van der Waals surface area contributed by atoms with Crippen LogP contribution in [-0.2, 0) is 9.53 Å². The van der Waals surface area contributed by atoms with Gasteiger partial charge in [-0.15, -0.1) is 0 Å². The molecule has 0 radical (unpaired) electrons. The molecule has 3 aliphatic rings. The van der Waals surface area contributed by atoms with E-state index in [1.165, 1.54) is 38.2 Å². The first-order valence-electron chi connectivity index (χ1n) is 11.6. The second kappa shape index (κ2) is 9.36. The van der Waals surface area contributed by atoms with Gasteiger partial charge >= 0.3 is 5.97 Å². The molecule has 6 heteroatoms. The molecule has 2 fully saturated rings. The van der Waals surface area contributed by atoms with E-state index in [0.717, 1.165) is 31.2 Å². The molecule has 1 amide bonds. The summed E-state index contributed by atoms with van der Waals surface area (Å²) in [4.78, 5) is 26.7. The summed E-state index contributed by atoms with van der Waals surface area (Å²) in [6, 6.07) is 3.58. The molecule has 164 valence electrons. The molecule has 1 aromatic carbocycles. The lowest BCUT2D eigenvalue weighted by molar-refractivity contribution is -0.144. The van der Waals surface area contributed by atoms with Crippen LogP contribution in [0.5, 0.6) is 0 Å². The maximum absolute atomic E-state index is 15.0. The molecule has 5 nitrogen and oxygen atoms in total. The van der Waals surface area contributed by atoms with E-state index in [2.05, 4.69) is 5.32 Å². The molecule has 1 aromatic rings. The summed E-state index contributed by atoms with van der Waals surface area (Å²) in [6.07, 6.45) is 10.4. The average molecular weight is 417 g/mol. The quantitative estimate of drug-likeness (QED) is 0.673. The summed E-state index contributed by atoms with van der Waals surface area (Å²) in [7, 11) is 0. The molecule has 1 atom stereocenters. The van der Waals surface area contributed by atoms with E-state index in [1.807, 2.05) is 6.07 Å². The normalized spacial score (nSPS) is 22.8. The largest absolute Gasteiger partial charge is 0.465 e. The van der Waals surface area contributed by atoms with Gasteiger partial charge in [0.25, 0.3) is 5.91 Å². The third kappa shape index (κ3) is 4.47. The lowest BCUT2D eigenvalue weighted by atomic mass is 9.79. The molecule has 0 bridgehead atoms. The van der Waals surface area contributed by atoms with Crippen molar-refractivity contribution in [2.24, 2.45) is 5.92 Å². The lowest BCUT2D eigenvalue weighted by Gasteiger charge is -2.37. The number of hydrogen-bond donors (Lipinski definition) is 1. The highest BCUT2D eigenvalue weighted by Gasteiger charge is 2.38. The molecule has 4 rings (SSSR count). The van der Waals surface area contributed by atoms with Crippen molar-refractivity contribution >= 4 is 17.6 Å². The van der Waals surface area contributed by atoms with Gasteiger partial charge in [0.15, 0.2) is 0 Å². The van der Waals surface area contributed by atoms with Crippen LogP contribution in [0.3, 0.4) is 0 Å². The molecule has 2 saturated carbocycles. The van der Waals surface area contributed by atoms with E-state index in [4.69, 9.17) is 4.74 Å². The van der Waals surface area contributed by atoms with Gasteiger partial charge in [-0.2, -0.15) is 0 Å². The zero-order valence-corrected chi connectivity index (χ0v) is 17.9. The van der Waals surface area contributed by atoms with Gasteiger partial charge in [-0.05, 0) is 56.2 Å². The van der Waals surface area contributed by atoms with Gasteiger partial charge in [-0.1, -0.05) is 32.1 Å². The van der Waals surface area contributed by atoms with E-state index < -0.39 is 5.97 Å². The van der Waals surface area contributed by atoms with Crippen molar-refractivity contribution < 1.29 is 18.7 Å². The third-order valence-corrected chi connectivity index (χ3v) is 7.03. The number of ether oxygens (including phenoxy) is 1. The number of anilines is 1. The first-order valence-corrected chi connectivity index (χ1v) is 11.6. The highest BCUT2D eigenvalue weighted by Crippen LogP contribution is 2.43. The van der Waals surface area contributed by atoms with Gasteiger partial charge in [-0.25, -0.2) is 4.39 Å². The smallest absolute Gasteiger partial charge is 0.325 e. The number of esters is 1. The number of benzene rings is 1. The van der Waals surface area contributed by atoms with Crippen molar-refractivity contribution in [3.05, 3.63) is 29.1 Å². The van der Waals surface area contributed by atoms with Gasteiger partial charge in [0.2, 0.25) is 0 Å². The number of rotatable bonds is 6. The highest BCUT2D eigenvalue weighted by molar-refractivity contribution is 5.99. The van der Waals surface area contributed by atoms with Crippen molar-refractivity contribution in [3.8, 4) is 0 Å². The monoisotopic (exact) mass is 416 g/mol. The minimum Gasteiger partial charge on any atom is -0.465 e. The van der Waals surface area contributed by atoms with Gasteiger partial charge in [0.1, 0.15) is 12.4 Å². The van der Waals surface area contributed by atoms with Crippen molar-refractivity contribution in [1.29, 1.82) is 0 Å². The van der Waals surface area contributed by atoms with Crippen molar-refractivity contribution in [2.45, 2.75) is 76.7 Å². The Morgan fingerprint density at radius 1 is 1.13 bits per heavy atom. The van der Waals surface area contributed by atoms with E-state index in [-0.39, 0.29) is 30.8 Å². The Morgan fingerprint density at radius 3 is 2.53 bits per heavy atom. The summed E-state index contributed by atoms with van der Waals surface area (Å²) in [5.41, 5.74) is 1.89. The minimum atomic E-state index is -0.407. The highest BCUT2D eigenvalue weighted by atomic mass is 19.1. The predicted octanol–water partition coefficient (Wildman–Crippen LogP) is 4.86. The van der Waals surface area contributed by atoms with Gasteiger partial charge in [-0.3, -0.25) is 9.59 Å². The fraction of sp³-hybridized carbons (Fsp3) is 0.667. The van der Waals surface area contributed by atoms with Crippen LogP contribution in [0.25, 0.3) is 0 Å². The Morgan fingerprint density at radius 2 is 1.83 bits per heavy atom. The predicted molar refractivity (Wildman–Crippen MR) is 114 cm³/mol. The molecule has 1 heterocycles. The number of nitrogens with zero attached hydrogens (tertiary/aromatic N) is 1. The molecular weight excluding hydrogens is 383 g/mol. The summed E-state index contributed by atoms with van der Waals surface area (Å²) in [5.74, 6) is -0.446. The number of carbonyl (C=O) groups is 2. The van der Waals surface area contributed by atoms with E-state index in [0.29, 0.717) is 29.8 Å². The SMILES string of the molecule is CCOC(=O)CN1CC(C2CCCC2)c2cc(NC3CCCCC3)c(F)cc2C1=O. The fourth-order valence-corrected chi connectivity index (χ4v) is 5.51. The van der Waals surface area contributed by atoms with Crippen molar-refractivity contribution in [3.63, 3.8) is 0 Å². The third-order valence-electron chi connectivity index (χ3n) is 7.03. The van der Waals surface area contributed by atoms with Gasteiger partial charge in [0, 0.05) is 24.1 Å². The van der Waals surface area contributed by atoms with E-state index in [9.17, 15) is 14.0 Å². The number of hydrogen-bond acceptors (Lipinski definition) is 4. The maximum Gasteiger partial charge on any atom is 0.325 e. The lowest BCUT2D eigenvalue weighted by Crippen LogP contribution is -2.44. The van der Waals surface area contributed by atoms with Crippen LogP contribution in [0, 0.1) is 11.7 Å². The van der Waals surface area contributed by atoms with Crippen LogP contribution < -0.4 is 5.32 Å². The maximum atomic E-state index is 15.0. The molecule has 0 aromatic heterocycles. The standard InChI is InChI=1S/C24H33FN2O3/c1-2-30-23(28)15-27-14-20(16-8-6-7-9-16)18-13-22(21(25)12-19(18)24(27)29)26-17-10-4-3-5-11-17/h12-13,16-17,20,26H,2-11,14-15H2,1H3. The Labute approximate surface area is 178 Å². The molecule has 30 heavy (non-hydrogen) atoms. The zero-order valence-electron chi connectivity index (χ0n) is 17.9. The average Bonchev–Trinajstić information content (AvgIpc) is 3.27. The summed E-state index contributed by atoms with van der Waals surface area (Å²) >= 11 is 0. The Bertz CT molecular complexity index is 785.